The van der Waals surface area contributed by atoms with E-state index in [1.54, 1.807) is 41.3 Å². The van der Waals surface area contributed by atoms with Crippen LogP contribution in [0.15, 0.2) is 48.5 Å². The number of hydrogen-bond acceptors (Lipinski definition) is 4. The standard InChI is InChI=1S/C22H23FN2O4/c23-17-8-6-15(7-9-17)20-14-25(10-12-29-20)22(27)16-3-1-4-18(13-16)24-21(26)19-5-2-11-28-19/h1,3-4,6-9,13,19-20H,2,5,10-12,14H2,(H,24,26)/t19-,20+/m1/s1. The van der Waals surface area contributed by atoms with Gasteiger partial charge in [0.15, 0.2) is 0 Å². The maximum Gasteiger partial charge on any atom is 0.254 e. The van der Waals surface area contributed by atoms with E-state index in [4.69, 9.17) is 9.47 Å². The van der Waals surface area contributed by atoms with E-state index in [0.29, 0.717) is 44.0 Å². The van der Waals surface area contributed by atoms with Gasteiger partial charge < -0.3 is 19.7 Å². The normalized spacial score (nSPS) is 21.8. The number of carbonyl (C=O) groups is 2. The first-order valence-electron chi connectivity index (χ1n) is 9.79. The molecule has 152 valence electrons. The molecule has 2 aromatic carbocycles. The fourth-order valence-electron chi connectivity index (χ4n) is 3.63. The molecule has 29 heavy (non-hydrogen) atoms. The molecule has 6 nitrogen and oxygen atoms in total. The number of morpholine rings is 1. The van der Waals surface area contributed by atoms with Crippen molar-refractivity contribution in [2.24, 2.45) is 0 Å². The van der Waals surface area contributed by atoms with Crippen LogP contribution in [-0.2, 0) is 14.3 Å². The van der Waals surface area contributed by atoms with E-state index in [2.05, 4.69) is 5.32 Å². The van der Waals surface area contributed by atoms with Gasteiger partial charge in [0.05, 0.1) is 13.2 Å². The highest BCUT2D eigenvalue weighted by atomic mass is 19.1. The predicted molar refractivity (Wildman–Crippen MR) is 105 cm³/mol. The molecular weight excluding hydrogens is 375 g/mol. The van der Waals surface area contributed by atoms with Crippen molar-refractivity contribution in [2.45, 2.75) is 25.0 Å². The number of rotatable bonds is 4. The van der Waals surface area contributed by atoms with Gasteiger partial charge in [-0.3, -0.25) is 9.59 Å². The van der Waals surface area contributed by atoms with Gasteiger partial charge >= 0.3 is 0 Å². The third kappa shape index (κ3) is 4.63. The number of nitrogens with one attached hydrogen (secondary N) is 1. The molecule has 2 aliphatic heterocycles. The molecular formula is C22H23FN2O4. The molecule has 1 N–H and O–H groups in total. The molecule has 2 aromatic rings. The SMILES string of the molecule is O=C(Nc1cccc(C(=O)N2CCO[C@H](c3ccc(F)cc3)C2)c1)[C@H]1CCCO1. The Morgan fingerprint density at radius 1 is 1.07 bits per heavy atom. The molecule has 0 unspecified atom stereocenters. The monoisotopic (exact) mass is 398 g/mol. The van der Waals surface area contributed by atoms with E-state index in [1.807, 2.05) is 0 Å². The van der Waals surface area contributed by atoms with Gasteiger partial charge in [-0.25, -0.2) is 4.39 Å². The minimum absolute atomic E-state index is 0.131. The lowest BCUT2D eigenvalue weighted by Gasteiger charge is -2.33. The minimum atomic E-state index is -0.426. The molecule has 2 saturated heterocycles. The first-order chi connectivity index (χ1) is 14.1. The smallest absolute Gasteiger partial charge is 0.254 e. The zero-order valence-corrected chi connectivity index (χ0v) is 16.0. The fourth-order valence-corrected chi connectivity index (χ4v) is 3.63. The predicted octanol–water partition coefficient (Wildman–Crippen LogP) is 3.16. The van der Waals surface area contributed by atoms with E-state index in [1.165, 1.54) is 12.1 Å². The lowest BCUT2D eigenvalue weighted by molar-refractivity contribution is -0.124. The van der Waals surface area contributed by atoms with Crippen LogP contribution < -0.4 is 5.32 Å². The van der Waals surface area contributed by atoms with Crippen LogP contribution in [0.3, 0.4) is 0 Å². The van der Waals surface area contributed by atoms with Crippen molar-refractivity contribution in [2.75, 3.05) is 31.6 Å². The molecule has 4 rings (SSSR count). The molecule has 0 radical (unpaired) electrons. The average molecular weight is 398 g/mol. The maximum atomic E-state index is 13.2. The Kier molecular flexibility index (Phi) is 5.87. The highest BCUT2D eigenvalue weighted by molar-refractivity contribution is 5.98. The Labute approximate surface area is 168 Å². The Morgan fingerprint density at radius 2 is 1.90 bits per heavy atom. The Hall–Kier alpha value is -2.77. The molecule has 0 aliphatic carbocycles. The number of benzene rings is 2. The third-order valence-corrected chi connectivity index (χ3v) is 5.19. The van der Waals surface area contributed by atoms with Gasteiger partial charge in [-0.2, -0.15) is 0 Å². The van der Waals surface area contributed by atoms with Gasteiger partial charge in [0.25, 0.3) is 11.8 Å². The van der Waals surface area contributed by atoms with Crippen LogP contribution in [0, 0.1) is 5.82 Å². The summed E-state index contributed by atoms with van der Waals surface area (Å²) in [5.41, 5.74) is 1.90. The average Bonchev–Trinajstić information content (AvgIpc) is 3.29. The topological polar surface area (TPSA) is 67.9 Å². The van der Waals surface area contributed by atoms with Crippen molar-refractivity contribution in [3.8, 4) is 0 Å². The lowest BCUT2D eigenvalue weighted by Crippen LogP contribution is -2.42. The van der Waals surface area contributed by atoms with E-state index < -0.39 is 6.10 Å². The molecule has 2 amide bonds. The zero-order valence-electron chi connectivity index (χ0n) is 16.0. The number of carbonyl (C=O) groups excluding carboxylic acids is 2. The van der Waals surface area contributed by atoms with Crippen LogP contribution >= 0.6 is 0 Å². The molecule has 2 aliphatic rings. The van der Waals surface area contributed by atoms with E-state index in [9.17, 15) is 14.0 Å². The van der Waals surface area contributed by atoms with Crippen molar-refractivity contribution in [1.82, 2.24) is 4.90 Å². The van der Waals surface area contributed by atoms with E-state index in [0.717, 1.165) is 12.0 Å². The Morgan fingerprint density at radius 3 is 2.66 bits per heavy atom. The van der Waals surface area contributed by atoms with Gasteiger partial charge in [-0.05, 0) is 48.7 Å². The van der Waals surface area contributed by atoms with E-state index in [-0.39, 0.29) is 23.7 Å². The van der Waals surface area contributed by atoms with Crippen molar-refractivity contribution in [3.63, 3.8) is 0 Å². The van der Waals surface area contributed by atoms with Crippen molar-refractivity contribution >= 4 is 17.5 Å². The minimum Gasteiger partial charge on any atom is -0.370 e. The number of nitrogens with zero attached hydrogens (tertiary/aromatic N) is 1. The van der Waals surface area contributed by atoms with Crippen molar-refractivity contribution < 1.29 is 23.5 Å². The van der Waals surface area contributed by atoms with Crippen LogP contribution in [0.5, 0.6) is 0 Å². The zero-order chi connectivity index (χ0) is 20.2. The van der Waals surface area contributed by atoms with Crippen LogP contribution in [-0.4, -0.2) is 49.1 Å². The van der Waals surface area contributed by atoms with Gasteiger partial charge in [-0.1, -0.05) is 18.2 Å². The van der Waals surface area contributed by atoms with E-state index >= 15 is 0 Å². The number of hydrogen-bond donors (Lipinski definition) is 1. The fraction of sp³-hybridized carbons (Fsp3) is 0.364. The first-order valence-corrected chi connectivity index (χ1v) is 9.79. The molecule has 0 bridgehead atoms. The Bertz CT molecular complexity index is 881. The highest BCUT2D eigenvalue weighted by Gasteiger charge is 2.27. The van der Waals surface area contributed by atoms with Crippen LogP contribution in [0.2, 0.25) is 0 Å². The van der Waals surface area contributed by atoms with Crippen molar-refractivity contribution in [3.05, 3.63) is 65.5 Å². The quantitative estimate of drug-likeness (QED) is 0.859. The molecule has 2 atom stereocenters. The summed E-state index contributed by atoms with van der Waals surface area (Å²) >= 11 is 0. The summed E-state index contributed by atoms with van der Waals surface area (Å²) in [6.45, 7) is 1.87. The summed E-state index contributed by atoms with van der Waals surface area (Å²) in [5, 5.41) is 2.83. The molecule has 2 heterocycles. The molecule has 0 spiro atoms. The van der Waals surface area contributed by atoms with Crippen LogP contribution in [0.4, 0.5) is 10.1 Å². The van der Waals surface area contributed by atoms with Gasteiger partial charge in [0.2, 0.25) is 0 Å². The lowest BCUT2D eigenvalue weighted by atomic mass is 10.1. The Balaban J connectivity index is 1.43. The second kappa shape index (κ2) is 8.71. The second-order valence-corrected chi connectivity index (χ2v) is 7.23. The summed E-state index contributed by atoms with van der Waals surface area (Å²) in [5.74, 6) is -0.622. The number of amides is 2. The number of anilines is 1. The van der Waals surface area contributed by atoms with Crippen LogP contribution in [0.25, 0.3) is 0 Å². The molecule has 0 saturated carbocycles. The summed E-state index contributed by atoms with van der Waals surface area (Å²) in [4.78, 5) is 27.0. The van der Waals surface area contributed by atoms with Gasteiger partial charge in [-0.15, -0.1) is 0 Å². The third-order valence-electron chi connectivity index (χ3n) is 5.19. The number of halogens is 1. The van der Waals surface area contributed by atoms with Crippen molar-refractivity contribution in [1.29, 1.82) is 0 Å². The number of ether oxygens (including phenoxy) is 2. The molecule has 0 aromatic heterocycles. The summed E-state index contributed by atoms with van der Waals surface area (Å²) < 4.78 is 24.3. The maximum absolute atomic E-state index is 13.2. The summed E-state index contributed by atoms with van der Waals surface area (Å²) in [7, 11) is 0. The van der Waals surface area contributed by atoms with Gasteiger partial charge in [0.1, 0.15) is 18.0 Å². The summed E-state index contributed by atoms with van der Waals surface area (Å²) in [6.07, 6.45) is 0.868. The molecule has 7 heteroatoms. The summed E-state index contributed by atoms with van der Waals surface area (Å²) in [6, 6.07) is 13.0. The molecule has 2 fully saturated rings. The van der Waals surface area contributed by atoms with Gasteiger partial charge in [0, 0.05) is 24.4 Å². The van der Waals surface area contributed by atoms with Crippen LogP contribution in [0.1, 0.15) is 34.9 Å². The second-order valence-electron chi connectivity index (χ2n) is 7.23. The largest absolute Gasteiger partial charge is 0.370 e. The highest BCUT2D eigenvalue weighted by Crippen LogP contribution is 2.24. The first kappa shape index (κ1) is 19.5.